The van der Waals surface area contributed by atoms with E-state index in [9.17, 15) is 0 Å². The molecule has 3 spiro atoms. The molecule has 2 aliphatic heterocycles. The number of hydrogen-bond donors (Lipinski definition) is 0. The minimum atomic E-state index is -2.25. The van der Waals surface area contributed by atoms with E-state index in [-0.39, 0.29) is 10.8 Å². The summed E-state index contributed by atoms with van der Waals surface area (Å²) in [6.07, 6.45) is 32.6. The van der Waals surface area contributed by atoms with Gasteiger partial charge in [-0.3, -0.25) is 0 Å². The Kier molecular flexibility index (Phi) is 15.7. The molecule has 0 amide bonds. The van der Waals surface area contributed by atoms with E-state index in [0.29, 0.717) is 5.41 Å². The molecule has 8 heteroatoms. The van der Waals surface area contributed by atoms with E-state index in [0.717, 1.165) is 93.2 Å². The first kappa shape index (κ1) is 63.9. The normalized spacial score (nSPS) is 20.8. The molecule has 3 fully saturated rings. The van der Waals surface area contributed by atoms with Crippen LogP contribution < -0.4 is 38.8 Å². The highest BCUT2D eigenvalue weighted by atomic mass is 29.3. The monoisotopic (exact) mass is 1340 g/mol. The Morgan fingerprint density at radius 2 is 0.677 bits per heavy atom. The molecule has 2 unspecified atom stereocenters. The van der Waals surface area contributed by atoms with Crippen LogP contribution in [0.3, 0.4) is 0 Å². The van der Waals surface area contributed by atoms with Crippen molar-refractivity contribution in [3.05, 3.63) is 250 Å². The van der Waals surface area contributed by atoms with E-state index in [1.54, 1.807) is 28.4 Å². The van der Waals surface area contributed by atoms with Crippen LogP contribution in [0.5, 0.6) is 34.5 Å². The zero-order valence-corrected chi connectivity index (χ0v) is 61.3. The third-order valence-electron chi connectivity index (χ3n) is 26.3. The molecule has 0 aromatic heterocycles. The zero-order chi connectivity index (χ0) is 67.5. The fourth-order valence-electron chi connectivity index (χ4n) is 20.1. The molecule has 2 heterocycles. The average molecular weight is 1340 g/mol. The summed E-state index contributed by atoms with van der Waals surface area (Å²) in [6, 6.07) is 68.5. The van der Waals surface area contributed by atoms with Crippen LogP contribution in [0.4, 0.5) is 0 Å². The fraction of sp³-hybridized carbons (Fsp3) is 0.341. The summed E-state index contributed by atoms with van der Waals surface area (Å²) in [5, 5.41) is 7.49. The molecule has 3 saturated carbocycles. The molecule has 17 rings (SSSR count). The van der Waals surface area contributed by atoms with Gasteiger partial charge in [0.15, 0.2) is 11.2 Å². The van der Waals surface area contributed by atoms with Gasteiger partial charge >= 0.3 is 0 Å². The van der Waals surface area contributed by atoms with Crippen molar-refractivity contribution in [3.63, 3.8) is 0 Å². The predicted octanol–water partition coefficient (Wildman–Crippen LogP) is 21.9. The minimum absolute atomic E-state index is 0.101. The summed E-state index contributed by atoms with van der Waals surface area (Å²) >= 11 is 0. The van der Waals surface area contributed by atoms with Gasteiger partial charge in [-0.05, 0) is 185 Å². The molecule has 0 N–H and O–H groups in total. The highest BCUT2D eigenvalue weighted by Gasteiger charge is 2.54. The molecule has 502 valence electrons. The van der Waals surface area contributed by atoms with Crippen LogP contribution in [-0.2, 0) is 22.0 Å². The van der Waals surface area contributed by atoms with Crippen molar-refractivity contribution in [2.45, 2.75) is 164 Å². The number of fused-ring (bicyclic) bond motifs is 20. The first-order valence-corrected chi connectivity index (χ1v) is 44.1. The predicted molar refractivity (Wildman–Crippen MR) is 413 cm³/mol. The Morgan fingerprint density at radius 1 is 0.333 bits per heavy atom. The lowest BCUT2D eigenvalue weighted by atomic mass is 9.56. The lowest BCUT2D eigenvalue weighted by Crippen LogP contribution is -2.69. The summed E-state index contributed by atoms with van der Waals surface area (Å²) < 4.78 is 39.9. The Balaban J connectivity index is 0.749. The zero-order valence-electron chi connectivity index (χ0n) is 59.3. The van der Waals surface area contributed by atoms with E-state index >= 15 is 0 Å². The Bertz CT molecular complexity index is 4840. The first-order chi connectivity index (χ1) is 48.2. The van der Waals surface area contributed by atoms with Crippen LogP contribution in [0.25, 0.3) is 56.0 Å². The van der Waals surface area contributed by atoms with Gasteiger partial charge in [0, 0.05) is 55.0 Å². The van der Waals surface area contributed by atoms with Gasteiger partial charge in [-0.1, -0.05) is 234 Å². The van der Waals surface area contributed by atoms with Gasteiger partial charge in [-0.2, -0.15) is 0 Å². The largest absolute Gasteiger partial charge is 0.497 e. The molecule has 0 radical (unpaired) electrons. The molecule has 7 aliphatic rings. The maximum Gasteiger partial charge on any atom is 0.178 e. The third-order valence-corrected chi connectivity index (χ3v) is 44.1. The Morgan fingerprint density at radius 3 is 1.08 bits per heavy atom. The minimum Gasteiger partial charge on any atom is -0.497 e. The van der Waals surface area contributed by atoms with Crippen molar-refractivity contribution in [1.82, 2.24) is 0 Å². The van der Waals surface area contributed by atoms with E-state index < -0.39 is 26.4 Å². The SMILES string of the molecule is COc1ccc(C2(c3ccc([Si](C)(C)[Si](C)(C)c4ccc(C5(c6ccc(OC)cc6)C=Cc6c7c(c8ccc(OC)cc8c6O5)-c5ccccc5C75CCC6(CCCCC6)CC5)cc4)cc3)C=Cc3c4c(c5ccc(OC)cc5c3O2)-c2ccccc2C42CCCCCCCCC2)cc1. The average Bonchev–Trinajstić information content (AvgIpc) is 1.56. The summed E-state index contributed by atoms with van der Waals surface area (Å²) in [4.78, 5) is 0. The molecule has 99 heavy (non-hydrogen) atoms. The van der Waals surface area contributed by atoms with Gasteiger partial charge in [0.05, 0.1) is 43.6 Å². The van der Waals surface area contributed by atoms with Crippen molar-refractivity contribution in [3.8, 4) is 56.8 Å². The summed E-state index contributed by atoms with van der Waals surface area (Å²) in [5.74, 6) is 5.13. The second-order valence-electron chi connectivity index (χ2n) is 31.3. The smallest absolute Gasteiger partial charge is 0.178 e. The number of benzene rings is 10. The fourth-order valence-corrected chi connectivity index (χ4v) is 28.9. The van der Waals surface area contributed by atoms with Crippen LogP contribution >= 0.6 is 0 Å². The lowest BCUT2D eigenvalue weighted by molar-refractivity contribution is 0.0948. The van der Waals surface area contributed by atoms with Crippen LogP contribution in [0.2, 0.25) is 26.2 Å². The second kappa shape index (κ2) is 24.4. The van der Waals surface area contributed by atoms with E-state index in [1.165, 1.54) is 167 Å². The van der Waals surface area contributed by atoms with Crippen LogP contribution in [0.15, 0.2) is 194 Å². The van der Waals surface area contributed by atoms with Gasteiger partial charge in [0.2, 0.25) is 0 Å². The number of hydrogen-bond acceptors (Lipinski definition) is 6. The summed E-state index contributed by atoms with van der Waals surface area (Å²) in [6.45, 7) is 10.4. The molecule has 6 nitrogen and oxygen atoms in total. The molecule has 5 aliphatic carbocycles. The lowest BCUT2D eigenvalue weighted by Gasteiger charge is -2.48. The molecule has 10 aromatic carbocycles. The van der Waals surface area contributed by atoms with Crippen molar-refractivity contribution in [2.24, 2.45) is 5.41 Å². The molecule has 0 bridgehead atoms. The van der Waals surface area contributed by atoms with Gasteiger partial charge in [-0.15, -0.1) is 0 Å². The molecular weight excluding hydrogens is 1250 g/mol. The van der Waals surface area contributed by atoms with Crippen LogP contribution in [0.1, 0.15) is 171 Å². The quantitative estimate of drug-likeness (QED) is 0.120. The molecule has 0 saturated heterocycles. The van der Waals surface area contributed by atoms with Crippen molar-refractivity contribution < 1.29 is 28.4 Å². The molecule has 2 atom stereocenters. The van der Waals surface area contributed by atoms with Gasteiger partial charge < -0.3 is 28.4 Å². The van der Waals surface area contributed by atoms with Crippen molar-refractivity contribution in [1.29, 1.82) is 0 Å². The topological polar surface area (TPSA) is 55.4 Å². The molecule has 10 aromatic rings. The summed E-state index contributed by atoms with van der Waals surface area (Å²) in [5.41, 5.74) is 16.4. The Labute approximate surface area is 588 Å². The maximum absolute atomic E-state index is 8.06. The van der Waals surface area contributed by atoms with Crippen LogP contribution in [0, 0.1) is 5.41 Å². The van der Waals surface area contributed by atoms with Gasteiger partial charge in [0.1, 0.15) is 34.5 Å². The highest BCUT2D eigenvalue weighted by Crippen LogP contribution is 2.66. The standard InChI is InChI=1S/C91H94O6Si2/c1-92-65-35-27-61(28-36-65)90(53-47-75-83-81(71-45-39-67(94-3)59-77(71)85(75)96-90)73-23-15-17-25-79(73)88(83)51-21-12-10-9-11-13-22-52-88)63-31-41-69(42-32-63)98(5,6)99(7,8)70-43-33-64(34-44-70)91(62-29-37-66(93-2)38-30-62)54-48-76-84-82(72-46-40-68(95-4)60-78(72)86(76)97-91)74-24-16-18-26-80(74)89(84)57-55-87(56-58-89)49-19-14-20-50-87/h15-18,23-48,53-54,59-60H,9-14,19-22,49-52,55-58H2,1-8H3. The van der Waals surface area contributed by atoms with Gasteiger partial charge in [-0.25, -0.2) is 0 Å². The highest BCUT2D eigenvalue weighted by molar-refractivity contribution is 7.50. The van der Waals surface area contributed by atoms with Crippen LogP contribution in [-0.4, -0.2) is 43.6 Å². The van der Waals surface area contributed by atoms with Gasteiger partial charge in [0.25, 0.3) is 0 Å². The number of ether oxygens (including phenoxy) is 6. The number of rotatable bonds is 11. The van der Waals surface area contributed by atoms with Crippen molar-refractivity contribution in [2.75, 3.05) is 28.4 Å². The third kappa shape index (κ3) is 9.78. The van der Waals surface area contributed by atoms with Crippen molar-refractivity contribution >= 4 is 59.3 Å². The van der Waals surface area contributed by atoms with E-state index in [1.807, 2.05) is 0 Å². The maximum atomic E-state index is 8.06. The van der Waals surface area contributed by atoms with E-state index in [4.69, 9.17) is 28.4 Å². The Hall–Kier alpha value is -8.57. The summed E-state index contributed by atoms with van der Waals surface area (Å²) in [7, 11) is 2.54. The second-order valence-corrected chi connectivity index (χ2v) is 46.5. The van der Waals surface area contributed by atoms with E-state index in [2.05, 4.69) is 232 Å². The number of methoxy groups -OCH3 is 4. The first-order valence-electron chi connectivity index (χ1n) is 37.1. The molecular formula is C91H94O6Si2.